The van der Waals surface area contributed by atoms with Gasteiger partial charge in [0.25, 0.3) is 15.9 Å². The Bertz CT molecular complexity index is 1170. The van der Waals surface area contributed by atoms with Gasteiger partial charge in [0.15, 0.2) is 6.61 Å². The summed E-state index contributed by atoms with van der Waals surface area (Å²) < 4.78 is 32.5. The Hall–Kier alpha value is -2.84. The van der Waals surface area contributed by atoms with E-state index in [4.69, 9.17) is 4.74 Å². The maximum atomic E-state index is 12.8. The molecule has 1 aliphatic rings. The highest BCUT2D eigenvalue weighted by Crippen LogP contribution is 2.29. The van der Waals surface area contributed by atoms with Crippen LogP contribution in [-0.4, -0.2) is 34.5 Å². The zero-order chi connectivity index (χ0) is 22.0. The molecule has 6 nitrogen and oxygen atoms in total. The summed E-state index contributed by atoms with van der Waals surface area (Å²) in [6, 6.07) is 16.1. The van der Waals surface area contributed by atoms with Gasteiger partial charge >= 0.3 is 0 Å². The lowest BCUT2D eigenvalue weighted by Gasteiger charge is -2.29. The summed E-state index contributed by atoms with van der Waals surface area (Å²) in [7, 11) is -2.07. The van der Waals surface area contributed by atoms with Crippen LogP contribution in [0.3, 0.4) is 0 Å². The van der Waals surface area contributed by atoms with Crippen LogP contribution in [0.2, 0.25) is 0 Å². The Morgan fingerprint density at radius 2 is 1.94 bits per heavy atom. The van der Waals surface area contributed by atoms with Gasteiger partial charge in [0.05, 0.1) is 5.69 Å². The number of sulfonamides is 1. The Kier molecular flexibility index (Phi) is 6.02. The van der Waals surface area contributed by atoms with Crippen molar-refractivity contribution < 1.29 is 17.9 Å². The maximum absolute atomic E-state index is 12.8. The van der Waals surface area contributed by atoms with Crippen LogP contribution in [0.25, 0.3) is 0 Å². The molecule has 1 amide bonds. The Morgan fingerprint density at radius 3 is 2.65 bits per heavy atom. The molecule has 0 unspecified atom stereocenters. The van der Waals surface area contributed by atoms with E-state index in [-0.39, 0.29) is 16.7 Å². The summed E-state index contributed by atoms with van der Waals surface area (Å²) in [5.41, 5.74) is 3.86. The second kappa shape index (κ2) is 8.72. The average Bonchev–Trinajstić information content (AvgIpc) is 3.32. The quantitative estimate of drug-likeness (QED) is 0.556. The first-order valence-corrected chi connectivity index (χ1v) is 12.3. The number of aryl methyl sites for hydroxylation is 2. The number of hydrogen-bond acceptors (Lipinski definition) is 5. The number of hydrogen-bond donors (Lipinski definition) is 0. The molecule has 0 saturated carbocycles. The van der Waals surface area contributed by atoms with Gasteiger partial charge in [0.1, 0.15) is 9.96 Å². The lowest BCUT2D eigenvalue weighted by atomic mass is 9.99. The number of carbonyl (C=O) groups excluding carboxylic acids is 1. The molecule has 0 bridgehead atoms. The smallest absolute Gasteiger partial charge is 0.273 e. The Balaban J connectivity index is 1.41. The standard InChI is InChI=1S/C23H24N2O4S2/c1-17-7-12-21-18(15-17)5-3-13-25(21)22(26)16-29-20-10-8-19(9-11-20)24(2)31(27,28)23-6-4-14-30-23/h4,6-12,14-15H,3,5,13,16H2,1-2H3. The van der Waals surface area contributed by atoms with Gasteiger partial charge in [-0.25, -0.2) is 8.42 Å². The van der Waals surface area contributed by atoms with E-state index in [0.717, 1.165) is 18.5 Å². The third-order valence-electron chi connectivity index (χ3n) is 5.33. The third kappa shape index (κ3) is 4.45. The number of ether oxygens (including phenoxy) is 1. The monoisotopic (exact) mass is 456 g/mol. The van der Waals surface area contributed by atoms with Gasteiger partial charge in [-0.3, -0.25) is 9.10 Å². The minimum absolute atomic E-state index is 0.0734. The van der Waals surface area contributed by atoms with E-state index in [1.165, 1.54) is 33.8 Å². The van der Waals surface area contributed by atoms with E-state index in [1.54, 1.807) is 46.7 Å². The molecule has 8 heteroatoms. The topological polar surface area (TPSA) is 66.9 Å². The van der Waals surface area contributed by atoms with Crippen molar-refractivity contribution in [3.05, 3.63) is 71.1 Å². The molecule has 2 heterocycles. The molecule has 0 fully saturated rings. The van der Waals surface area contributed by atoms with Crippen molar-refractivity contribution in [2.75, 3.05) is 29.4 Å². The number of anilines is 2. The number of fused-ring (bicyclic) bond motifs is 1. The van der Waals surface area contributed by atoms with Crippen LogP contribution in [0.15, 0.2) is 64.2 Å². The molecule has 3 aromatic rings. The van der Waals surface area contributed by atoms with E-state index in [0.29, 0.717) is 18.0 Å². The summed E-state index contributed by atoms with van der Waals surface area (Å²) in [6.07, 6.45) is 1.91. The molecule has 1 aliphatic heterocycles. The van der Waals surface area contributed by atoms with Crippen molar-refractivity contribution in [3.63, 3.8) is 0 Å². The Labute approximate surface area is 186 Å². The molecule has 162 valence electrons. The highest BCUT2D eigenvalue weighted by atomic mass is 32.2. The zero-order valence-electron chi connectivity index (χ0n) is 17.4. The van der Waals surface area contributed by atoms with Gasteiger partial charge < -0.3 is 9.64 Å². The summed E-state index contributed by atoms with van der Waals surface area (Å²) in [5, 5.41) is 1.73. The van der Waals surface area contributed by atoms with Crippen molar-refractivity contribution in [1.29, 1.82) is 0 Å². The molecule has 31 heavy (non-hydrogen) atoms. The summed E-state index contributed by atoms with van der Waals surface area (Å²) in [4.78, 5) is 14.6. The second-order valence-corrected chi connectivity index (χ2v) is 10.6. The van der Waals surface area contributed by atoms with Crippen molar-refractivity contribution in [2.24, 2.45) is 0 Å². The molecule has 0 saturated heterocycles. The highest BCUT2D eigenvalue weighted by molar-refractivity contribution is 7.94. The first-order valence-electron chi connectivity index (χ1n) is 10.0. The highest BCUT2D eigenvalue weighted by Gasteiger charge is 2.24. The fraction of sp³-hybridized carbons (Fsp3) is 0.261. The molecule has 0 radical (unpaired) electrons. The fourth-order valence-electron chi connectivity index (χ4n) is 3.64. The van der Waals surface area contributed by atoms with Crippen LogP contribution in [-0.2, 0) is 21.2 Å². The predicted octanol–water partition coefficient (Wildman–Crippen LogP) is 4.24. The molecule has 0 atom stereocenters. The molecule has 0 N–H and O–H groups in total. The first-order chi connectivity index (χ1) is 14.9. The minimum Gasteiger partial charge on any atom is -0.484 e. The Morgan fingerprint density at radius 1 is 1.16 bits per heavy atom. The van der Waals surface area contributed by atoms with Crippen LogP contribution in [0, 0.1) is 6.92 Å². The van der Waals surface area contributed by atoms with E-state index in [1.807, 2.05) is 12.1 Å². The van der Waals surface area contributed by atoms with Gasteiger partial charge in [0.2, 0.25) is 0 Å². The first kappa shape index (κ1) is 21.4. The fourth-order valence-corrected chi connectivity index (χ4v) is 6.00. The SMILES string of the molecule is Cc1ccc2c(c1)CCCN2C(=O)COc1ccc(N(C)S(=O)(=O)c2cccs2)cc1. The van der Waals surface area contributed by atoms with E-state index in [2.05, 4.69) is 13.0 Å². The lowest BCUT2D eigenvalue weighted by molar-refractivity contribution is -0.120. The number of rotatable bonds is 6. The van der Waals surface area contributed by atoms with E-state index < -0.39 is 10.0 Å². The van der Waals surface area contributed by atoms with Crippen molar-refractivity contribution in [1.82, 2.24) is 0 Å². The van der Waals surface area contributed by atoms with Crippen molar-refractivity contribution in [2.45, 2.75) is 24.0 Å². The molecule has 4 rings (SSSR count). The third-order valence-corrected chi connectivity index (χ3v) is 8.49. The molecule has 0 aliphatic carbocycles. The summed E-state index contributed by atoms with van der Waals surface area (Å²) in [6.45, 7) is 2.66. The van der Waals surface area contributed by atoms with Gasteiger partial charge in [0, 0.05) is 19.3 Å². The van der Waals surface area contributed by atoms with Gasteiger partial charge in [-0.2, -0.15) is 0 Å². The summed E-state index contributed by atoms with van der Waals surface area (Å²) >= 11 is 1.18. The number of thiophene rings is 1. The molecular formula is C23H24N2O4S2. The van der Waals surface area contributed by atoms with Crippen molar-refractivity contribution in [3.8, 4) is 5.75 Å². The van der Waals surface area contributed by atoms with Gasteiger partial charge in [-0.1, -0.05) is 23.8 Å². The van der Waals surface area contributed by atoms with Crippen LogP contribution in [0.1, 0.15) is 17.5 Å². The van der Waals surface area contributed by atoms with Crippen LogP contribution >= 0.6 is 11.3 Å². The van der Waals surface area contributed by atoms with Crippen LogP contribution < -0.4 is 13.9 Å². The normalized spacial score (nSPS) is 13.5. The number of carbonyl (C=O) groups is 1. The summed E-state index contributed by atoms with van der Waals surface area (Å²) in [5.74, 6) is 0.423. The second-order valence-electron chi connectivity index (χ2n) is 7.47. The van der Waals surface area contributed by atoms with Gasteiger partial charge in [-0.05, 0) is 67.1 Å². The molecular weight excluding hydrogens is 432 g/mol. The zero-order valence-corrected chi connectivity index (χ0v) is 19.1. The van der Waals surface area contributed by atoms with E-state index in [9.17, 15) is 13.2 Å². The number of nitrogens with zero attached hydrogens (tertiary/aromatic N) is 2. The number of amides is 1. The lowest BCUT2D eigenvalue weighted by Crippen LogP contribution is -2.38. The van der Waals surface area contributed by atoms with Gasteiger partial charge in [-0.15, -0.1) is 11.3 Å². The van der Waals surface area contributed by atoms with Crippen LogP contribution in [0.4, 0.5) is 11.4 Å². The largest absolute Gasteiger partial charge is 0.484 e. The van der Waals surface area contributed by atoms with Crippen molar-refractivity contribution >= 4 is 38.6 Å². The molecule has 1 aromatic heterocycles. The van der Waals surface area contributed by atoms with Crippen LogP contribution in [0.5, 0.6) is 5.75 Å². The average molecular weight is 457 g/mol. The minimum atomic E-state index is -3.58. The predicted molar refractivity (Wildman–Crippen MR) is 124 cm³/mol. The van der Waals surface area contributed by atoms with E-state index >= 15 is 0 Å². The molecule has 0 spiro atoms. The number of benzene rings is 2. The maximum Gasteiger partial charge on any atom is 0.273 e. The molecule has 2 aromatic carbocycles.